The van der Waals surface area contributed by atoms with Gasteiger partial charge in [0.15, 0.2) is 0 Å². The van der Waals surface area contributed by atoms with E-state index in [1.807, 2.05) is 6.08 Å². The van der Waals surface area contributed by atoms with Crippen molar-refractivity contribution in [2.75, 3.05) is 6.61 Å². The van der Waals surface area contributed by atoms with Crippen molar-refractivity contribution in [1.29, 1.82) is 0 Å². The van der Waals surface area contributed by atoms with E-state index in [4.69, 9.17) is 9.47 Å². The SMILES string of the molecule is C1=COC2(CCCCC2)OC1. The van der Waals surface area contributed by atoms with Gasteiger partial charge in [0, 0.05) is 12.8 Å². The molecule has 0 N–H and O–H groups in total. The van der Waals surface area contributed by atoms with Gasteiger partial charge in [0.1, 0.15) is 0 Å². The van der Waals surface area contributed by atoms with Crippen molar-refractivity contribution in [1.82, 2.24) is 0 Å². The highest BCUT2D eigenvalue weighted by Gasteiger charge is 2.34. The monoisotopic (exact) mass is 154 g/mol. The summed E-state index contributed by atoms with van der Waals surface area (Å²) in [6.07, 6.45) is 9.66. The fourth-order valence-electron chi connectivity index (χ4n) is 1.80. The van der Waals surface area contributed by atoms with E-state index in [1.165, 1.54) is 19.3 Å². The molecule has 2 nitrogen and oxygen atoms in total. The first kappa shape index (κ1) is 7.17. The Labute approximate surface area is 67.2 Å². The molecule has 0 bridgehead atoms. The predicted molar refractivity (Wildman–Crippen MR) is 42.0 cm³/mol. The third kappa shape index (κ3) is 1.41. The van der Waals surface area contributed by atoms with Crippen LogP contribution in [0.25, 0.3) is 0 Å². The summed E-state index contributed by atoms with van der Waals surface area (Å²) in [7, 11) is 0. The number of ether oxygens (including phenoxy) is 2. The van der Waals surface area contributed by atoms with Crippen molar-refractivity contribution in [3.63, 3.8) is 0 Å². The normalized spacial score (nSPS) is 28.4. The first-order valence-corrected chi connectivity index (χ1v) is 4.38. The van der Waals surface area contributed by atoms with Gasteiger partial charge in [-0.15, -0.1) is 0 Å². The summed E-state index contributed by atoms with van der Waals surface area (Å²) in [6.45, 7) is 0.722. The second kappa shape index (κ2) is 2.86. The zero-order chi connectivity index (χ0) is 7.57. The zero-order valence-corrected chi connectivity index (χ0v) is 6.71. The maximum atomic E-state index is 5.60. The van der Waals surface area contributed by atoms with Gasteiger partial charge in [-0.25, -0.2) is 0 Å². The fourth-order valence-corrected chi connectivity index (χ4v) is 1.80. The van der Waals surface area contributed by atoms with Crippen molar-refractivity contribution in [3.05, 3.63) is 12.3 Å². The maximum absolute atomic E-state index is 5.60. The Hall–Kier alpha value is -0.500. The standard InChI is InChI=1S/C9H14O2/c1-2-5-9(6-3-1)10-7-4-8-11-9/h4,7H,1-3,5-6,8H2. The minimum absolute atomic E-state index is 0.229. The molecule has 0 radical (unpaired) electrons. The molecule has 0 unspecified atom stereocenters. The molecule has 1 aliphatic heterocycles. The second-order valence-corrected chi connectivity index (χ2v) is 3.27. The van der Waals surface area contributed by atoms with Gasteiger partial charge in [-0.1, -0.05) is 6.42 Å². The molecule has 2 aliphatic rings. The number of rotatable bonds is 0. The van der Waals surface area contributed by atoms with Crippen LogP contribution in [0.1, 0.15) is 32.1 Å². The van der Waals surface area contributed by atoms with Crippen LogP contribution in [0.2, 0.25) is 0 Å². The van der Waals surface area contributed by atoms with Gasteiger partial charge in [-0.05, 0) is 18.9 Å². The summed E-state index contributed by atoms with van der Waals surface area (Å²) in [6, 6.07) is 0. The van der Waals surface area contributed by atoms with E-state index in [9.17, 15) is 0 Å². The van der Waals surface area contributed by atoms with Crippen molar-refractivity contribution in [2.45, 2.75) is 37.9 Å². The van der Waals surface area contributed by atoms with E-state index < -0.39 is 0 Å². The smallest absolute Gasteiger partial charge is 0.209 e. The van der Waals surface area contributed by atoms with Crippen LogP contribution in [0.4, 0.5) is 0 Å². The molecule has 1 saturated carbocycles. The van der Waals surface area contributed by atoms with Crippen molar-refractivity contribution in [3.8, 4) is 0 Å². The van der Waals surface area contributed by atoms with E-state index in [2.05, 4.69) is 0 Å². The molecule has 1 fully saturated rings. The second-order valence-electron chi connectivity index (χ2n) is 3.27. The average Bonchev–Trinajstić information content (AvgIpc) is 2.07. The first-order chi connectivity index (χ1) is 5.41. The molecule has 0 atom stereocenters. The molecule has 2 heteroatoms. The Bertz CT molecular complexity index is 157. The summed E-state index contributed by atoms with van der Waals surface area (Å²) >= 11 is 0. The molecule has 0 saturated heterocycles. The maximum Gasteiger partial charge on any atom is 0.209 e. The summed E-state index contributed by atoms with van der Waals surface area (Å²) < 4.78 is 11.1. The zero-order valence-electron chi connectivity index (χ0n) is 6.71. The Morgan fingerprint density at radius 3 is 2.55 bits per heavy atom. The van der Waals surface area contributed by atoms with Gasteiger partial charge in [0.05, 0.1) is 12.9 Å². The molecule has 1 spiro atoms. The molecule has 2 rings (SSSR count). The summed E-state index contributed by atoms with van der Waals surface area (Å²) in [5.41, 5.74) is 0. The lowest BCUT2D eigenvalue weighted by molar-refractivity contribution is -0.228. The Morgan fingerprint density at radius 2 is 1.91 bits per heavy atom. The van der Waals surface area contributed by atoms with Crippen LogP contribution in [0.3, 0.4) is 0 Å². The van der Waals surface area contributed by atoms with E-state index in [-0.39, 0.29) is 5.79 Å². The van der Waals surface area contributed by atoms with Gasteiger partial charge >= 0.3 is 0 Å². The molecule has 1 heterocycles. The third-order valence-corrected chi connectivity index (χ3v) is 2.44. The van der Waals surface area contributed by atoms with Gasteiger partial charge < -0.3 is 9.47 Å². The van der Waals surface area contributed by atoms with Crippen LogP contribution in [-0.2, 0) is 9.47 Å². The molecular formula is C9H14O2. The largest absolute Gasteiger partial charge is 0.470 e. The Kier molecular flexibility index (Phi) is 1.86. The molecule has 0 aromatic heterocycles. The van der Waals surface area contributed by atoms with E-state index in [0.29, 0.717) is 0 Å². The van der Waals surface area contributed by atoms with Crippen LogP contribution in [0.15, 0.2) is 12.3 Å². The van der Waals surface area contributed by atoms with Crippen LogP contribution in [-0.4, -0.2) is 12.4 Å². The molecule has 0 amide bonds. The van der Waals surface area contributed by atoms with Crippen LogP contribution >= 0.6 is 0 Å². The molecule has 62 valence electrons. The minimum atomic E-state index is -0.229. The summed E-state index contributed by atoms with van der Waals surface area (Å²) in [4.78, 5) is 0. The topological polar surface area (TPSA) is 18.5 Å². The fraction of sp³-hybridized carbons (Fsp3) is 0.778. The van der Waals surface area contributed by atoms with Gasteiger partial charge in [0.25, 0.3) is 0 Å². The first-order valence-electron chi connectivity index (χ1n) is 4.38. The Morgan fingerprint density at radius 1 is 1.09 bits per heavy atom. The van der Waals surface area contributed by atoms with Gasteiger partial charge in [0.2, 0.25) is 5.79 Å². The van der Waals surface area contributed by atoms with Crippen LogP contribution in [0.5, 0.6) is 0 Å². The van der Waals surface area contributed by atoms with Crippen LogP contribution in [0, 0.1) is 0 Å². The lowest BCUT2D eigenvalue weighted by Gasteiger charge is -2.37. The highest BCUT2D eigenvalue weighted by Crippen LogP contribution is 2.34. The lowest BCUT2D eigenvalue weighted by atomic mass is 9.94. The quantitative estimate of drug-likeness (QED) is 0.532. The number of hydrogen-bond donors (Lipinski definition) is 0. The third-order valence-electron chi connectivity index (χ3n) is 2.44. The molecule has 0 aromatic rings. The van der Waals surface area contributed by atoms with E-state index >= 15 is 0 Å². The number of hydrogen-bond acceptors (Lipinski definition) is 2. The highest BCUT2D eigenvalue weighted by molar-refractivity contribution is 4.86. The van der Waals surface area contributed by atoms with E-state index in [1.54, 1.807) is 6.26 Å². The van der Waals surface area contributed by atoms with Gasteiger partial charge in [-0.3, -0.25) is 0 Å². The van der Waals surface area contributed by atoms with Crippen molar-refractivity contribution >= 4 is 0 Å². The Balaban J connectivity index is 2.01. The van der Waals surface area contributed by atoms with Crippen molar-refractivity contribution < 1.29 is 9.47 Å². The minimum Gasteiger partial charge on any atom is -0.470 e. The van der Waals surface area contributed by atoms with Crippen molar-refractivity contribution in [2.24, 2.45) is 0 Å². The van der Waals surface area contributed by atoms with Crippen LogP contribution < -0.4 is 0 Å². The van der Waals surface area contributed by atoms with Gasteiger partial charge in [-0.2, -0.15) is 0 Å². The predicted octanol–water partition coefficient (Wildman–Crippen LogP) is 2.21. The summed E-state index contributed by atoms with van der Waals surface area (Å²) in [5, 5.41) is 0. The van der Waals surface area contributed by atoms with E-state index in [0.717, 1.165) is 19.4 Å². The molecule has 1 aliphatic carbocycles. The molecular weight excluding hydrogens is 140 g/mol. The summed E-state index contributed by atoms with van der Waals surface area (Å²) in [5.74, 6) is -0.229. The molecule has 0 aromatic carbocycles. The molecule has 11 heavy (non-hydrogen) atoms. The average molecular weight is 154 g/mol. The lowest BCUT2D eigenvalue weighted by Crippen LogP contribution is -2.38. The highest BCUT2D eigenvalue weighted by atomic mass is 16.7.